The molecule has 3 nitrogen and oxygen atoms in total. The molecule has 1 atom stereocenters. The monoisotopic (exact) mass is 323 g/mol. The lowest BCUT2D eigenvalue weighted by Gasteiger charge is -2.29. The van der Waals surface area contributed by atoms with E-state index in [1.165, 1.54) is 24.2 Å². The summed E-state index contributed by atoms with van der Waals surface area (Å²) in [6, 6.07) is 7.93. The number of carbonyl (C=O) groups is 1. The number of benzene rings is 1. The fourth-order valence-corrected chi connectivity index (χ4v) is 3.54. The van der Waals surface area contributed by atoms with Crippen LogP contribution in [0.4, 0.5) is 0 Å². The quantitative estimate of drug-likeness (QED) is 0.829. The molecule has 2 rings (SSSR count). The van der Waals surface area contributed by atoms with E-state index in [0.717, 1.165) is 31.5 Å². The highest BCUT2D eigenvalue weighted by Crippen LogP contribution is 2.19. The van der Waals surface area contributed by atoms with Crippen LogP contribution in [0.15, 0.2) is 24.3 Å². The van der Waals surface area contributed by atoms with Gasteiger partial charge in [-0.05, 0) is 38.8 Å². The van der Waals surface area contributed by atoms with Gasteiger partial charge in [0.1, 0.15) is 0 Å². The summed E-state index contributed by atoms with van der Waals surface area (Å²) in [5.74, 6) is 0.160. The Bertz CT molecular complexity index is 464. The first kappa shape index (κ1) is 17.3. The zero-order valence-corrected chi connectivity index (χ0v) is 14.5. The van der Waals surface area contributed by atoms with E-state index in [0.29, 0.717) is 11.1 Å². The number of carbonyl (C=O) groups excluding carboxylic acids is 1. The Morgan fingerprint density at radius 1 is 1.18 bits per heavy atom. The van der Waals surface area contributed by atoms with Crippen LogP contribution in [0, 0.1) is 0 Å². The van der Waals surface area contributed by atoms with Crippen molar-refractivity contribution in [1.29, 1.82) is 0 Å². The molecule has 0 bridgehead atoms. The van der Waals surface area contributed by atoms with Gasteiger partial charge in [0, 0.05) is 16.6 Å². The van der Waals surface area contributed by atoms with Crippen molar-refractivity contribution >= 4 is 17.5 Å². The van der Waals surface area contributed by atoms with Crippen molar-refractivity contribution in [2.45, 2.75) is 58.0 Å². The fraction of sp³-hybridized carbons (Fsp3) is 0.611. The number of quaternary nitrogens is 1. The Morgan fingerprint density at radius 2 is 1.77 bits per heavy atom. The summed E-state index contributed by atoms with van der Waals surface area (Å²) in [6.45, 7) is 6.13. The molecule has 0 heterocycles. The van der Waals surface area contributed by atoms with E-state index in [-0.39, 0.29) is 11.9 Å². The van der Waals surface area contributed by atoms with Crippen molar-refractivity contribution < 1.29 is 9.69 Å². The summed E-state index contributed by atoms with van der Waals surface area (Å²) in [5.41, 5.74) is 1.05. The van der Waals surface area contributed by atoms with Gasteiger partial charge in [-0.2, -0.15) is 0 Å². The summed E-state index contributed by atoms with van der Waals surface area (Å²) >= 11 is 5.99. The number of hydrogen-bond donors (Lipinski definition) is 2. The highest BCUT2D eigenvalue weighted by molar-refractivity contribution is 6.30. The predicted molar refractivity (Wildman–Crippen MR) is 91.3 cm³/mol. The molecule has 0 spiro atoms. The van der Waals surface area contributed by atoms with Crippen molar-refractivity contribution in [3.05, 3.63) is 34.9 Å². The second-order valence-electron chi connectivity index (χ2n) is 6.19. The predicted octanol–water partition coefficient (Wildman–Crippen LogP) is 2.75. The number of hydrogen-bond acceptors (Lipinski definition) is 1. The van der Waals surface area contributed by atoms with Gasteiger partial charge in [0.15, 0.2) is 6.04 Å². The summed E-state index contributed by atoms with van der Waals surface area (Å²) in [6.07, 6.45) is 6.00. The summed E-state index contributed by atoms with van der Waals surface area (Å²) < 4.78 is 0. The molecule has 1 fully saturated rings. The first-order valence-electron chi connectivity index (χ1n) is 8.56. The lowest BCUT2D eigenvalue weighted by atomic mass is 9.94. The Kier molecular flexibility index (Phi) is 6.71. The highest BCUT2D eigenvalue weighted by atomic mass is 35.5. The molecule has 1 unspecified atom stereocenters. The molecular weight excluding hydrogens is 296 g/mol. The van der Waals surface area contributed by atoms with Gasteiger partial charge < -0.3 is 10.2 Å². The Hall–Kier alpha value is -1.06. The van der Waals surface area contributed by atoms with Crippen LogP contribution in [0.3, 0.4) is 0 Å². The molecule has 2 N–H and O–H groups in total. The first-order valence-corrected chi connectivity index (χ1v) is 8.93. The lowest BCUT2D eigenvalue weighted by molar-refractivity contribution is -0.918. The molecular formula is C18H28ClN2O+. The van der Waals surface area contributed by atoms with Crippen molar-refractivity contribution in [2.75, 3.05) is 13.1 Å². The maximum Gasteiger partial charge on any atom is 0.283 e. The van der Waals surface area contributed by atoms with E-state index in [9.17, 15) is 4.79 Å². The fourth-order valence-electron chi connectivity index (χ4n) is 3.42. The number of amides is 1. The molecule has 122 valence electrons. The largest absolute Gasteiger partial charge is 0.348 e. The smallest absolute Gasteiger partial charge is 0.283 e. The van der Waals surface area contributed by atoms with Crippen molar-refractivity contribution in [2.24, 2.45) is 0 Å². The molecule has 1 aromatic rings. The number of likely N-dealkylation sites (N-methyl/N-ethyl adjacent to an activating group) is 1. The minimum atomic E-state index is -0.144. The second kappa shape index (κ2) is 8.54. The molecule has 1 aliphatic rings. The maximum atomic E-state index is 12.9. The van der Waals surface area contributed by atoms with Crippen LogP contribution in [0.5, 0.6) is 0 Å². The second-order valence-corrected chi connectivity index (χ2v) is 6.63. The van der Waals surface area contributed by atoms with Crippen LogP contribution in [-0.4, -0.2) is 25.0 Å². The third-order valence-electron chi connectivity index (χ3n) is 4.73. The van der Waals surface area contributed by atoms with Crippen molar-refractivity contribution in [3.8, 4) is 0 Å². The summed E-state index contributed by atoms with van der Waals surface area (Å²) in [7, 11) is 0. The van der Waals surface area contributed by atoms with Gasteiger partial charge in [-0.3, -0.25) is 4.79 Å². The topological polar surface area (TPSA) is 33.5 Å². The zero-order valence-electron chi connectivity index (χ0n) is 13.7. The van der Waals surface area contributed by atoms with E-state index in [1.54, 1.807) is 0 Å². The number of nitrogens with one attached hydrogen (secondary N) is 2. The van der Waals surface area contributed by atoms with Crippen molar-refractivity contribution in [1.82, 2.24) is 5.32 Å². The standard InChI is InChI=1S/C18H27ClN2O/c1-3-21(4-2)17(14-10-12-15(19)13-11-14)18(22)20-16-8-6-5-7-9-16/h10-13,16-17H,3-9H2,1-2H3,(H,20,22)/p+1. The minimum absolute atomic E-state index is 0.144. The van der Waals surface area contributed by atoms with Gasteiger partial charge >= 0.3 is 0 Å². The average Bonchev–Trinajstić information content (AvgIpc) is 2.54. The van der Waals surface area contributed by atoms with E-state index < -0.39 is 0 Å². The lowest BCUT2D eigenvalue weighted by Crippen LogP contribution is -3.12. The molecule has 4 heteroatoms. The molecule has 22 heavy (non-hydrogen) atoms. The summed E-state index contributed by atoms with van der Waals surface area (Å²) in [5, 5.41) is 4.00. The van der Waals surface area contributed by atoms with Crippen LogP contribution in [0.1, 0.15) is 57.6 Å². The van der Waals surface area contributed by atoms with Gasteiger partial charge in [-0.1, -0.05) is 43.0 Å². The SMILES string of the molecule is CC[NH+](CC)C(C(=O)NC1CCCCC1)c1ccc(Cl)cc1. The number of rotatable bonds is 6. The zero-order chi connectivity index (χ0) is 15.9. The minimum Gasteiger partial charge on any atom is -0.348 e. The third kappa shape index (κ3) is 4.47. The summed E-state index contributed by atoms with van der Waals surface area (Å²) in [4.78, 5) is 14.2. The average molecular weight is 324 g/mol. The van der Waals surface area contributed by atoms with Gasteiger partial charge in [0.25, 0.3) is 5.91 Å². The normalized spacial score (nSPS) is 17.5. The van der Waals surface area contributed by atoms with Gasteiger partial charge in [0.05, 0.1) is 13.1 Å². The molecule has 0 radical (unpaired) electrons. The first-order chi connectivity index (χ1) is 10.7. The Labute approximate surface area is 139 Å². The maximum absolute atomic E-state index is 12.9. The van der Waals surface area contributed by atoms with Gasteiger partial charge in [0.2, 0.25) is 0 Å². The van der Waals surface area contributed by atoms with E-state index in [4.69, 9.17) is 11.6 Å². The van der Waals surface area contributed by atoms with Crippen LogP contribution < -0.4 is 10.2 Å². The van der Waals surface area contributed by atoms with Crippen LogP contribution >= 0.6 is 11.6 Å². The van der Waals surface area contributed by atoms with Gasteiger partial charge in [-0.25, -0.2) is 0 Å². The van der Waals surface area contributed by atoms with E-state index >= 15 is 0 Å². The van der Waals surface area contributed by atoms with E-state index in [1.807, 2.05) is 24.3 Å². The molecule has 1 amide bonds. The molecule has 1 aliphatic carbocycles. The van der Waals surface area contributed by atoms with E-state index in [2.05, 4.69) is 19.2 Å². The molecule has 1 aromatic carbocycles. The van der Waals surface area contributed by atoms with Crippen LogP contribution in [0.25, 0.3) is 0 Å². The molecule has 1 saturated carbocycles. The Balaban J connectivity index is 2.15. The van der Waals surface area contributed by atoms with Crippen molar-refractivity contribution in [3.63, 3.8) is 0 Å². The highest BCUT2D eigenvalue weighted by Gasteiger charge is 2.31. The van der Waals surface area contributed by atoms with Crippen LogP contribution in [0.2, 0.25) is 5.02 Å². The van der Waals surface area contributed by atoms with Gasteiger partial charge in [-0.15, -0.1) is 0 Å². The Morgan fingerprint density at radius 3 is 2.32 bits per heavy atom. The molecule has 0 aromatic heterocycles. The molecule has 0 aliphatic heterocycles. The molecule has 0 saturated heterocycles. The van der Waals surface area contributed by atoms with Crippen LogP contribution in [-0.2, 0) is 4.79 Å². The number of halogens is 1. The third-order valence-corrected chi connectivity index (χ3v) is 4.99.